The molecular formula is C10H7ClF3NO3. The predicted octanol–water partition coefficient (Wildman–Crippen LogP) is 2.56. The molecule has 0 saturated heterocycles. The molecule has 1 rings (SSSR count). The minimum Gasteiger partial charge on any atom is -0.478 e. The SMILES string of the molecule is CN(C(=O)C(F)(F)F)c1ccc(C(=O)O)c(Cl)c1. The Morgan fingerprint density at radius 3 is 2.28 bits per heavy atom. The molecule has 98 valence electrons. The number of carboxylic acids is 1. The van der Waals surface area contributed by atoms with Gasteiger partial charge in [0.2, 0.25) is 0 Å². The van der Waals surface area contributed by atoms with Gasteiger partial charge in [0.15, 0.2) is 0 Å². The number of hydrogen-bond acceptors (Lipinski definition) is 2. The van der Waals surface area contributed by atoms with Gasteiger partial charge in [-0.2, -0.15) is 13.2 Å². The number of hydrogen-bond donors (Lipinski definition) is 1. The summed E-state index contributed by atoms with van der Waals surface area (Å²) < 4.78 is 36.5. The number of carbonyl (C=O) groups excluding carboxylic acids is 1. The van der Waals surface area contributed by atoms with Gasteiger partial charge < -0.3 is 10.0 Å². The molecular weight excluding hydrogens is 275 g/mol. The minimum atomic E-state index is -5.01. The number of aromatic carboxylic acids is 1. The van der Waals surface area contributed by atoms with E-state index in [2.05, 4.69) is 0 Å². The lowest BCUT2D eigenvalue weighted by molar-refractivity contribution is -0.170. The van der Waals surface area contributed by atoms with Crippen LogP contribution in [0.25, 0.3) is 0 Å². The van der Waals surface area contributed by atoms with E-state index in [1.807, 2.05) is 0 Å². The molecule has 0 bridgehead atoms. The Kier molecular flexibility index (Phi) is 3.85. The number of carboxylic acid groups (broad SMARTS) is 1. The highest BCUT2D eigenvalue weighted by atomic mass is 35.5. The molecule has 4 nitrogen and oxygen atoms in total. The maximum Gasteiger partial charge on any atom is 0.471 e. The molecule has 1 amide bonds. The third-order valence-electron chi connectivity index (χ3n) is 2.12. The summed E-state index contributed by atoms with van der Waals surface area (Å²) in [5, 5.41) is 8.44. The van der Waals surface area contributed by atoms with E-state index in [-0.39, 0.29) is 16.3 Å². The number of anilines is 1. The highest BCUT2D eigenvalue weighted by Crippen LogP contribution is 2.26. The van der Waals surface area contributed by atoms with Crippen molar-refractivity contribution in [1.29, 1.82) is 0 Å². The zero-order chi connectivity index (χ0) is 14.1. The molecule has 0 fully saturated rings. The highest BCUT2D eigenvalue weighted by molar-refractivity contribution is 6.33. The largest absolute Gasteiger partial charge is 0.478 e. The molecule has 0 aliphatic carbocycles. The zero-order valence-electron chi connectivity index (χ0n) is 8.95. The van der Waals surface area contributed by atoms with E-state index in [0.717, 1.165) is 25.2 Å². The highest BCUT2D eigenvalue weighted by Gasteiger charge is 2.41. The quantitative estimate of drug-likeness (QED) is 0.906. The Balaban J connectivity index is 3.09. The lowest BCUT2D eigenvalue weighted by atomic mass is 10.2. The second-order valence-electron chi connectivity index (χ2n) is 3.33. The number of nitrogens with zero attached hydrogens (tertiary/aromatic N) is 1. The van der Waals surface area contributed by atoms with Crippen LogP contribution in [-0.4, -0.2) is 30.2 Å². The van der Waals surface area contributed by atoms with E-state index in [1.54, 1.807) is 0 Å². The second-order valence-corrected chi connectivity index (χ2v) is 3.74. The van der Waals surface area contributed by atoms with Crippen molar-refractivity contribution in [2.45, 2.75) is 6.18 Å². The van der Waals surface area contributed by atoms with Gasteiger partial charge in [0.1, 0.15) is 0 Å². The molecule has 0 radical (unpaired) electrons. The zero-order valence-corrected chi connectivity index (χ0v) is 9.71. The molecule has 0 atom stereocenters. The maximum absolute atomic E-state index is 12.2. The number of rotatable bonds is 2. The van der Waals surface area contributed by atoms with Gasteiger partial charge in [-0.05, 0) is 18.2 Å². The van der Waals surface area contributed by atoms with Gasteiger partial charge in [0, 0.05) is 12.7 Å². The molecule has 8 heteroatoms. The van der Waals surface area contributed by atoms with Crippen LogP contribution in [0.3, 0.4) is 0 Å². The third kappa shape index (κ3) is 2.92. The van der Waals surface area contributed by atoms with Gasteiger partial charge in [0.05, 0.1) is 10.6 Å². The van der Waals surface area contributed by atoms with Crippen LogP contribution in [0.5, 0.6) is 0 Å². The molecule has 18 heavy (non-hydrogen) atoms. The lowest BCUT2D eigenvalue weighted by Gasteiger charge is -2.19. The number of halogens is 4. The summed E-state index contributed by atoms with van der Waals surface area (Å²) in [6, 6.07) is 3.08. The van der Waals surface area contributed by atoms with Gasteiger partial charge in [-0.15, -0.1) is 0 Å². The van der Waals surface area contributed by atoms with Crippen molar-refractivity contribution in [2.24, 2.45) is 0 Å². The first-order valence-corrected chi connectivity index (χ1v) is 4.90. The normalized spacial score (nSPS) is 11.2. The second kappa shape index (κ2) is 4.85. The summed E-state index contributed by atoms with van der Waals surface area (Å²) in [7, 11) is 0.919. The number of alkyl halides is 3. The molecule has 0 aliphatic rings. The van der Waals surface area contributed by atoms with Gasteiger partial charge in [-0.1, -0.05) is 11.6 Å². The maximum atomic E-state index is 12.2. The molecule has 0 saturated carbocycles. The molecule has 0 aromatic heterocycles. The van der Waals surface area contributed by atoms with Crippen molar-refractivity contribution in [3.05, 3.63) is 28.8 Å². The number of amides is 1. The van der Waals surface area contributed by atoms with Gasteiger partial charge >= 0.3 is 18.1 Å². The van der Waals surface area contributed by atoms with Crippen molar-refractivity contribution in [3.63, 3.8) is 0 Å². The Labute approximate surface area is 105 Å². The summed E-state index contributed by atoms with van der Waals surface area (Å²) in [5.74, 6) is -3.38. The average molecular weight is 282 g/mol. The Hall–Kier alpha value is -1.76. The van der Waals surface area contributed by atoms with Crippen molar-refractivity contribution < 1.29 is 27.9 Å². The molecule has 1 aromatic carbocycles. The van der Waals surface area contributed by atoms with Crippen molar-refractivity contribution in [3.8, 4) is 0 Å². The van der Waals surface area contributed by atoms with E-state index < -0.39 is 18.1 Å². The van der Waals surface area contributed by atoms with Crippen LogP contribution in [0.1, 0.15) is 10.4 Å². The fourth-order valence-electron chi connectivity index (χ4n) is 1.19. The predicted molar refractivity (Wildman–Crippen MR) is 57.9 cm³/mol. The van der Waals surface area contributed by atoms with Crippen LogP contribution in [0, 0.1) is 0 Å². The Morgan fingerprint density at radius 1 is 1.33 bits per heavy atom. The van der Waals surface area contributed by atoms with E-state index in [4.69, 9.17) is 16.7 Å². The van der Waals surface area contributed by atoms with Gasteiger partial charge in [0.25, 0.3) is 0 Å². The van der Waals surface area contributed by atoms with E-state index in [0.29, 0.717) is 4.90 Å². The average Bonchev–Trinajstić information content (AvgIpc) is 2.25. The lowest BCUT2D eigenvalue weighted by Crippen LogP contribution is -2.38. The number of benzene rings is 1. The van der Waals surface area contributed by atoms with Gasteiger partial charge in [-0.25, -0.2) is 4.79 Å². The first-order valence-electron chi connectivity index (χ1n) is 4.52. The van der Waals surface area contributed by atoms with Crippen molar-refractivity contribution in [2.75, 3.05) is 11.9 Å². The smallest absolute Gasteiger partial charge is 0.471 e. The topological polar surface area (TPSA) is 57.6 Å². The van der Waals surface area contributed by atoms with Crippen LogP contribution < -0.4 is 4.90 Å². The van der Waals surface area contributed by atoms with Crippen LogP contribution in [0.15, 0.2) is 18.2 Å². The summed E-state index contributed by atoms with van der Waals surface area (Å²) in [6.07, 6.45) is -5.01. The fraction of sp³-hybridized carbons (Fsp3) is 0.200. The van der Waals surface area contributed by atoms with E-state index >= 15 is 0 Å². The van der Waals surface area contributed by atoms with Crippen LogP contribution in [0.4, 0.5) is 18.9 Å². The molecule has 1 N–H and O–H groups in total. The fourth-order valence-corrected chi connectivity index (χ4v) is 1.45. The number of carbonyl (C=O) groups is 2. The minimum absolute atomic E-state index is 0.146. The Bertz CT molecular complexity index is 502. The summed E-state index contributed by atoms with van der Waals surface area (Å²) in [5.41, 5.74) is -0.402. The summed E-state index contributed by atoms with van der Waals surface area (Å²) >= 11 is 5.59. The third-order valence-corrected chi connectivity index (χ3v) is 2.43. The molecule has 0 unspecified atom stereocenters. The van der Waals surface area contributed by atoms with Crippen molar-refractivity contribution >= 4 is 29.2 Å². The van der Waals surface area contributed by atoms with Crippen molar-refractivity contribution in [1.82, 2.24) is 0 Å². The van der Waals surface area contributed by atoms with E-state index in [1.165, 1.54) is 0 Å². The Morgan fingerprint density at radius 2 is 1.89 bits per heavy atom. The monoisotopic (exact) mass is 281 g/mol. The van der Waals surface area contributed by atoms with Gasteiger partial charge in [-0.3, -0.25) is 4.79 Å². The standard InChI is InChI=1S/C10H7ClF3NO3/c1-15(9(18)10(12,13)14)5-2-3-6(8(16)17)7(11)4-5/h2-4H,1H3,(H,16,17). The molecule has 0 aliphatic heterocycles. The molecule has 1 aromatic rings. The first kappa shape index (κ1) is 14.3. The van der Waals surface area contributed by atoms with Crippen LogP contribution in [0.2, 0.25) is 5.02 Å². The summed E-state index contributed by atoms with van der Waals surface area (Å²) in [6.45, 7) is 0. The summed E-state index contributed by atoms with van der Waals surface area (Å²) in [4.78, 5) is 21.9. The van der Waals surface area contributed by atoms with E-state index in [9.17, 15) is 22.8 Å². The van der Waals surface area contributed by atoms with Crippen LogP contribution in [-0.2, 0) is 4.79 Å². The van der Waals surface area contributed by atoms with Crippen LogP contribution >= 0.6 is 11.6 Å². The molecule has 0 heterocycles. The first-order chi connectivity index (χ1) is 8.14. The molecule has 0 spiro atoms.